The SMILES string of the molecule is O=C(CCc1ccc(C(F)(F)F)cc1)N1CCC[C@H](S(=O)(=O)c2ccc(F)cc2)C1. The summed E-state index contributed by atoms with van der Waals surface area (Å²) in [6.07, 6.45) is -3.13. The van der Waals surface area contributed by atoms with Crippen molar-refractivity contribution in [2.45, 2.75) is 42.0 Å². The second-order valence-corrected chi connectivity index (χ2v) is 9.53. The van der Waals surface area contributed by atoms with E-state index in [1.54, 1.807) is 0 Å². The van der Waals surface area contributed by atoms with Crippen molar-refractivity contribution in [2.24, 2.45) is 0 Å². The lowest BCUT2D eigenvalue weighted by atomic mass is 10.1. The summed E-state index contributed by atoms with van der Waals surface area (Å²) in [6, 6.07) is 9.25. The predicted molar refractivity (Wildman–Crippen MR) is 103 cm³/mol. The van der Waals surface area contributed by atoms with E-state index in [9.17, 15) is 30.8 Å². The van der Waals surface area contributed by atoms with Crippen LogP contribution in [0.4, 0.5) is 17.6 Å². The zero-order valence-electron chi connectivity index (χ0n) is 16.0. The molecular formula is C21H21F4NO3S. The van der Waals surface area contributed by atoms with Gasteiger partial charge < -0.3 is 4.90 Å². The zero-order valence-corrected chi connectivity index (χ0v) is 16.8. The van der Waals surface area contributed by atoms with Crippen molar-refractivity contribution in [1.82, 2.24) is 4.90 Å². The fourth-order valence-corrected chi connectivity index (χ4v) is 5.26. The maximum atomic E-state index is 13.1. The van der Waals surface area contributed by atoms with E-state index < -0.39 is 32.6 Å². The molecule has 1 aliphatic heterocycles. The van der Waals surface area contributed by atoms with Gasteiger partial charge in [0.25, 0.3) is 0 Å². The van der Waals surface area contributed by atoms with Gasteiger partial charge in [-0.1, -0.05) is 12.1 Å². The van der Waals surface area contributed by atoms with Crippen LogP contribution >= 0.6 is 0 Å². The van der Waals surface area contributed by atoms with Crippen LogP contribution < -0.4 is 0 Å². The number of benzene rings is 2. The molecule has 1 heterocycles. The van der Waals surface area contributed by atoms with Crippen LogP contribution in [0.15, 0.2) is 53.4 Å². The number of hydrogen-bond donors (Lipinski definition) is 0. The Hall–Kier alpha value is -2.42. The third-order valence-corrected chi connectivity index (χ3v) is 7.41. The summed E-state index contributed by atoms with van der Waals surface area (Å²) in [5.74, 6) is -0.772. The number of alkyl halides is 3. The topological polar surface area (TPSA) is 54.5 Å². The summed E-state index contributed by atoms with van der Waals surface area (Å²) < 4.78 is 76.6. The molecule has 0 spiro atoms. The number of likely N-dealkylation sites (tertiary alicyclic amines) is 1. The number of nitrogens with zero attached hydrogens (tertiary/aromatic N) is 1. The lowest BCUT2D eigenvalue weighted by molar-refractivity contribution is -0.137. The fraction of sp³-hybridized carbons (Fsp3) is 0.381. The molecule has 0 aliphatic carbocycles. The van der Waals surface area contributed by atoms with Crippen molar-refractivity contribution in [3.8, 4) is 0 Å². The van der Waals surface area contributed by atoms with E-state index in [0.29, 0.717) is 24.9 Å². The molecule has 1 aliphatic rings. The number of sulfone groups is 1. The standard InChI is InChI=1S/C21H21F4NO3S/c22-17-8-10-18(11-9-17)30(28,29)19-2-1-13-26(14-19)20(27)12-5-15-3-6-16(7-4-15)21(23,24)25/h3-4,6-11,19H,1-2,5,12-14H2/t19-/m0/s1. The highest BCUT2D eigenvalue weighted by Gasteiger charge is 2.34. The Morgan fingerprint density at radius 2 is 1.67 bits per heavy atom. The Bertz CT molecular complexity index is 986. The lowest BCUT2D eigenvalue weighted by Crippen LogP contribution is -2.45. The first-order chi connectivity index (χ1) is 14.1. The first-order valence-electron chi connectivity index (χ1n) is 9.51. The molecule has 1 amide bonds. The van der Waals surface area contributed by atoms with Crippen molar-refractivity contribution in [3.05, 3.63) is 65.5 Å². The zero-order chi connectivity index (χ0) is 21.9. The van der Waals surface area contributed by atoms with Gasteiger partial charge in [-0.25, -0.2) is 12.8 Å². The molecule has 2 aromatic rings. The number of halogens is 4. The minimum absolute atomic E-state index is 0.0213. The minimum Gasteiger partial charge on any atom is -0.341 e. The third-order valence-electron chi connectivity index (χ3n) is 5.22. The van der Waals surface area contributed by atoms with Crippen LogP contribution in [0.5, 0.6) is 0 Å². The monoisotopic (exact) mass is 443 g/mol. The van der Waals surface area contributed by atoms with Gasteiger partial charge in [0.15, 0.2) is 9.84 Å². The summed E-state index contributed by atoms with van der Waals surface area (Å²) >= 11 is 0. The lowest BCUT2D eigenvalue weighted by Gasteiger charge is -2.32. The molecule has 0 saturated carbocycles. The fourth-order valence-electron chi connectivity index (χ4n) is 3.50. The highest BCUT2D eigenvalue weighted by molar-refractivity contribution is 7.92. The van der Waals surface area contributed by atoms with Crippen LogP contribution in [0.2, 0.25) is 0 Å². The Labute approximate surface area is 172 Å². The Morgan fingerprint density at radius 1 is 1.03 bits per heavy atom. The molecule has 1 saturated heterocycles. The van der Waals surface area contributed by atoms with E-state index in [1.165, 1.54) is 29.2 Å². The number of amides is 1. The minimum atomic E-state index is -4.41. The number of hydrogen-bond acceptors (Lipinski definition) is 3. The second-order valence-electron chi connectivity index (χ2n) is 7.30. The largest absolute Gasteiger partial charge is 0.416 e. The summed E-state index contributed by atoms with van der Waals surface area (Å²) in [4.78, 5) is 14.1. The van der Waals surface area contributed by atoms with Gasteiger partial charge in [-0.05, 0) is 61.2 Å². The number of carbonyl (C=O) groups excluding carboxylic acids is 1. The van der Waals surface area contributed by atoms with Crippen LogP contribution in [0, 0.1) is 5.82 Å². The van der Waals surface area contributed by atoms with Crippen LogP contribution in [0.25, 0.3) is 0 Å². The Morgan fingerprint density at radius 3 is 2.27 bits per heavy atom. The molecule has 162 valence electrons. The average Bonchev–Trinajstić information content (AvgIpc) is 2.72. The van der Waals surface area contributed by atoms with Crippen molar-refractivity contribution < 1.29 is 30.8 Å². The molecule has 0 radical (unpaired) electrons. The summed E-state index contributed by atoms with van der Waals surface area (Å²) in [5, 5.41) is -0.772. The van der Waals surface area contributed by atoms with E-state index in [4.69, 9.17) is 0 Å². The van der Waals surface area contributed by atoms with Gasteiger partial charge in [-0.3, -0.25) is 4.79 Å². The quantitative estimate of drug-likeness (QED) is 0.513. The molecular weight excluding hydrogens is 422 g/mol. The molecule has 3 rings (SSSR count). The second kappa shape index (κ2) is 8.75. The average molecular weight is 443 g/mol. The van der Waals surface area contributed by atoms with Gasteiger partial charge in [-0.2, -0.15) is 13.2 Å². The van der Waals surface area contributed by atoms with Gasteiger partial charge in [0.1, 0.15) is 5.82 Å². The maximum Gasteiger partial charge on any atom is 0.416 e. The van der Waals surface area contributed by atoms with E-state index in [0.717, 1.165) is 24.3 Å². The predicted octanol–water partition coefficient (Wildman–Crippen LogP) is 4.24. The summed E-state index contributed by atoms with van der Waals surface area (Å²) in [5.41, 5.74) is -0.147. The summed E-state index contributed by atoms with van der Waals surface area (Å²) in [6.45, 7) is 0.479. The number of carbonyl (C=O) groups is 1. The number of aryl methyl sites for hydroxylation is 1. The number of rotatable bonds is 5. The van der Waals surface area contributed by atoms with Crippen molar-refractivity contribution >= 4 is 15.7 Å². The molecule has 2 aromatic carbocycles. The normalized spacial score (nSPS) is 17.7. The molecule has 0 N–H and O–H groups in total. The van der Waals surface area contributed by atoms with Gasteiger partial charge in [0, 0.05) is 19.5 Å². The van der Waals surface area contributed by atoms with Crippen molar-refractivity contribution in [2.75, 3.05) is 13.1 Å². The van der Waals surface area contributed by atoms with Crippen LogP contribution in [-0.2, 0) is 27.2 Å². The highest BCUT2D eigenvalue weighted by Crippen LogP contribution is 2.29. The van der Waals surface area contributed by atoms with E-state index >= 15 is 0 Å². The van der Waals surface area contributed by atoms with E-state index in [-0.39, 0.29) is 30.2 Å². The maximum absolute atomic E-state index is 13.1. The van der Waals surface area contributed by atoms with Gasteiger partial charge >= 0.3 is 6.18 Å². The summed E-state index contributed by atoms with van der Waals surface area (Å²) in [7, 11) is -3.70. The van der Waals surface area contributed by atoms with Crippen LogP contribution in [0.1, 0.15) is 30.4 Å². The third kappa shape index (κ3) is 5.19. The van der Waals surface area contributed by atoms with Gasteiger partial charge in [0.2, 0.25) is 5.91 Å². The molecule has 1 atom stereocenters. The molecule has 0 unspecified atom stereocenters. The number of piperidine rings is 1. The molecule has 0 bridgehead atoms. The first kappa shape index (κ1) is 22.3. The van der Waals surface area contributed by atoms with Gasteiger partial charge in [0.05, 0.1) is 15.7 Å². The molecule has 1 fully saturated rings. The molecule has 9 heteroatoms. The molecule has 30 heavy (non-hydrogen) atoms. The van der Waals surface area contributed by atoms with E-state index in [2.05, 4.69) is 0 Å². The van der Waals surface area contributed by atoms with Gasteiger partial charge in [-0.15, -0.1) is 0 Å². The highest BCUT2D eigenvalue weighted by atomic mass is 32.2. The molecule has 0 aromatic heterocycles. The van der Waals surface area contributed by atoms with Crippen molar-refractivity contribution in [3.63, 3.8) is 0 Å². The van der Waals surface area contributed by atoms with Crippen LogP contribution in [0.3, 0.4) is 0 Å². The van der Waals surface area contributed by atoms with Crippen LogP contribution in [-0.4, -0.2) is 37.6 Å². The Kier molecular flexibility index (Phi) is 6.50. The van der Waals surface area contributed by atoms with E-state index in [1.807, 2.05) is 0 Å². The first-order valence-corrected chi connectivity index (χ1v) is 11.1. The smallest absolute Gasteiger partial charge is 0.341 e. The molecule has 4 nitrogen and oxygen atoms in total. The van der Waals surface area contributed by atoms with Crippen molar-refractivity contribution in [1.29, 1.82) is 0 Å². The Balaban J connectivity index is 1.61.